The normalized spacial score (nSPS) is 12.2. The van der Waals surface area contributed by atoms with Crippen LogP contribution in [-0.2, 0) is 10.6 Å². The number of amides is 1. The Balaban J connectivity index is 2.26. The SMILES string of the molecule is Nc1ccc(/[SH](=O)=N/C(=O)c2ccccc2)cc1. The second kappa shape index (κ2) is 5.46. The molecule has 2 N–H and O–H groups in total. The standard InChI is InChI=1S/C13H12N2O2S/c14-11-6-8-12(9-7-11)18(17)15-13(16)10-4-2-1-3-5-10/h1-9,18H,14H2. The highest BCUT2D eigenvalue weighted by Crippen LogP contribution is 2.09. The van der Waals surface area contributed by atoms with Gasteiger partial charge in [0.1, 0.15) is 0 Å². The molecule has 0 radical (unpaired) electrons. The van der Waals surface area contributed by atoms with Crippen LogP contribution in [0.3, 0.4) is 0 Å². The number of carbonyl (C=O) groups excluding carboxylic acids is 1. The molecule has 0 aliphatic carbocycles. The Hall–Kier alpha value is -2.14. The summed E-state index contributed by atoms with van der Waals surface area (Å²) in [6.07, 6.45) is 0. The fourth-order valence-electron chi connectivity index (χ4n) is 1.38. The summed E-state index contributed by atoms with van der Waals surface area (Å²) >= 11 is 0. The molecule has 0 aromatic heterocycles. The van der Waals surface area contributed by atoms with E-state index in [1.54, 1.807) is 54.6 Å². The maximum absolute atomic E-state index is 11.9. The van der Waals surface area contributed by atoms with Crippen LogP contribution >= 0.6 is 0 Å². The zero-order valence-electron chi connectivity index (χ0n) is 9.48. The molecule has 0 aliphatic rings. The Morgan fingerprint density at radius 2 is 1.61 bits per heavy atom. The highest BCUT2D eigenvalue weighted by atomic mass is 32.2. The number of thiol groups is 1. The molecule has 0 aliphatic heterocycles. The molecule has 0 saturated heterocycles. The average molecular weight is 260 g/mol. The third kappa shape index (κ3) is 2.95. The van der Waals surface area contributed by atoms with Crippen LogP contribution < -0.4 is 5.73 Å². The third-order valence-corrected chi connectivity index (χ3v) is 3.42. The summed E-state index contributed by atoms with van der Waals surface area (Å²) in [6, 6.07) is 15.0. The molecule has 5 heteroatoms. The average Bonchev–Trinajstić information content (AvgIpc) is 2.40. The Labute approximate surface area is 107 Å². The minimum atomic E-state index is -2.08. The van der Waals surface area contributed by atoms with Gasteiger partial charge in [0.25, 0.3) is 5.91 Å². The molecule has 2 rings (SSSR count). The van der Waals surface area contributed by atoms with E-state index in [9.17, 15) is 9.00 Å². The van der Waals surface area contributed by atoms with Gasteiger partial charge in [0.05, 0.1) is 10.6 Å². The van der Waals surface area contributed by atoms with Gasteiger partial charge in [-0.05, 0) is 36.4 Å². The molecular formula is C13H12N2O2S. The lowest BCUT2D eigenvalue weighted by molar-refractivity contribution is 0.100. The summed E-state index contributed by atoms with van der Waals surface area (Å²) in [4.78, 5) is 12.2. The zero-order valence-corrected chi connectivity index (χ0v) is 10.4. The van der Waals surface area contributed by atoms with E-state index in [0.717, 1.165) is 0 Å². The minimum absolute atomic E-state index is 0.427. The van der Waals surface area contributed by atoms with Crippen LogP contribution in [-0.4, -0.2) is 10.1 Å². The largest absolute Gasteiger partial charge is 0.399 e. The molecule has 1 atom stereocenters. The summed E-state index contributed by atoms with van der Waals surface area (Å²) < 4.78 is 15.5. The number of rotatable bonds is 2. The van der Waals surface area contributed by atoms with Crippen molar-refractivity contribution >= 4 is 22.2 Å². The lowest BCUT2D eigenvalue weighted by Gasteiger charge is -1.96. The number of anilines is 1. The van der Waals surface area contributed by atoms with Crippen LogP contribution in [0.1, 0.15) is 10.4 Å². The van der Waals surface area contributed by atoms with Gasteiger partial charge in [0, 0.05) is 16.1 Å². The minimum Gasteiger partial charge on any atom is -0.399 e. The van der Waals surface area contributed by atoms with E-state index in [2.05, 4.69) is 4.36 Å². The maximum atomic E-state index is 11.9. The molecule has 0 saturated carbocycles. The van der Waals surface area contributed by atoms with Gasteiger partial charge in [-0.2, -0.15) is 4.36 Å². The van der Waals surface area contributed by atoms with E-state index in [-0.39, 0.29) is 0 Å². The van der Waals surface area contributed by atoms with Gasteiger partial charge in [-0.1, -0.05) is 18.2 Å². The van der Waals surface area contributed by atoms with Crippen LogP contribution in [0.5, 0.6) is 0 Å². The molecule has 1 amide bonds. The second-order valence-electron chi connectivity index (χ2n) is 3.64. The first-order valence-corrected chi connectivity index (χ1v) is 6.52. The Morgan fingerprint density at radius 1 is 1.00 bits per heavy atom. The summed E-state index contributed by atoms with van der Waals surface area (Å²) in [7, 11) is -2.08. The lowest BCUT2D eigenvalue weighted by atomic mass is 10.2. The highest BCUT2D eigenvalue weighted by Gasteiger charge is 2.03. The first-order valence-electron chi connectivity index (χ1n) is 5.30. The van der Waals surface area contributed by atoms with E-state index in [0.29, 0.717) is 16.1 Å². The smallest absolute Gasteiger partial charge is 0.285 e. The molecule has 1 unspecified atom stereocenters. The molecular weight excluding hydrogens is 248 g/mol. The van der Waals surface area contributed by atoms with Gasteiger partial charge in [-0.25, -0.2) is 4.21 Å². The topological polar surface area (TPSA) is 72.5 Å². The second-order valence-corrected chi connectivity index (χ2v) is 4.90. The molecule has 4 nitrogen and oxygen atoms in total. The Bertz CT molecular complexity index is 630. The number of hydrogen-bond acceptors (Lipinski definition) is 3. The van der Waals surface area contributed by atoms with Crippen molar-refractivity contribution in [2.24, 2.45) is 4.36 Å². The first-order chi connectivity index (χ1) is 8.66. The van der Waals surface area contributed by atoms with Crippen molar-refractivity contribution in [2.45, 2.75) is 4.90 Å². The predicted molar refractivity (Wildman–Crippen MR) is 71.9 cm³/mol. The molecule has 18 heavy (non-hydrogen) atoms. The van der Waals surface area contributed by atoms with Gasteiger partial charge < -0.3 is 5.73 Å². The maximum Gasteiger partial charge on any atom is 0.285 e. The zero-order chi connectivity index (χ0) is 13.0. The van der Waals surface area contributed by atoms with Crippen molar-refractivity contribution in [3.63, 3.8) is 0 Å². The summed E-state index contributed by atoms with van der Waals surface area (Å²) in [6.45, 7) is 0. The van der Waals surface area contributed by atoms with E-state index < -0.39 is 16.5 Å². The van der Waals surface area contributed by atoms with Crippen LogP contribution in [0.25, 0.3) is 0 Å². The molecule has 0 heterocycles. The number of nitrogens with zero attached hydrogens (tertiary/aromatic N) is 1. The summed E-state index contributed by atoms with van der Waals surface area (Å²) in [5.41, 5.74) is 6.53. The molecule has 92 valence electrons. The van der Waals surface area contributed by atoms with E-state index in [1.165, 1.54) is 0 Å². The fourth-order valence-corrected chi connectivity index (χ4v) is 2.18. The van der Waals surface area contributed by atoms with Crippen molar-refractivity contribution in [3.8, 4) is 0 Å². The van der Waals surface area contributed by atoms with Crippen molar-refractivity contribution in [1.82, 2.24) is 0 Å². The van der Waals surface area contributed by atoms with Gasteiger partial charge in [-0.15, -0.1) is 0 Å². The molecule has 2 aromatic carbocycles. The van der Waals surface area contributed by atoms with E-state index in [4.69, 9.17) is 5.73 Å². The number of nitrogen functional groups attached to an aromatic ring is 1. The predicted octanol–water partition coefficient (Wildman–Crippen LogP) is 2.13. The van der Waals surface area contributed by atoms with Crippen molar-refractivity contribution in [1.29, 1.82) is 0 Å². The van der Waals surface area contributed by atoms with Crippen LogP contribution in [0.4, 0.5) is 5.69 Å². The number of benzene rings is 2. The first kappa shape index (κ1) is 12.3. The molecule has 0 fully saturated rings. The van der Waals surface area contributed by atoms with Gasteiger partial charge in [0.15, 0.2) is 0 Å². The number of nitrogens with two attached hydrogens (primary N) is 1. The summed E-state index contributed by atoms with van der Waals surface area (Å²) in [5, 5.41) is 0. The van der Waals surface area contributed by atoms with Crippen LogP contribution in [0, 0.1) is 0 Å². The Morgan fingerprint density at radius 3 is 2.22 bits per heavy atom. The summed E-state index contributed by atoms with van der Waals surface area (Å²) in [5.74, 6) is -0.478. The molecule has 2 aromatic rings. The van der Waals surface area contributed by atoms with Crippen LogP contribution in [0.2, 0.25) is 0 Å². The number of carbonyl (C=O) groups is 1. The van der Waals surface area contributed by atoms with E-state index in [1.807, 2.05) is 0 Å². The van der Waals surface area contributed by atoms with Crippen LogP contribution in [0.15, 0.2) is 63.9 Å². The quantitative estimate of drug-likeness (QED) is 0.641. The lowest BCUT2D eigenvalue weighted by Crippen LogP contribution is -1.95. The number of hydrogen-bond donors (Lipinski definition) is 2. The Kier molecular flexibility index (Phi) is 3.74. The van der Waals surface area contributed by atoms with Crippen molar-refractivity contribution in [3.05, 3.63) is 60.2 Å². The van der Waals surface area contributed by atoms with Crippen molar-refractivity contribution < 1.29 is 9.00 Å². The van der Waals surface area contributed by atoms with Gasteiger partial charge in [0.2, 0.25) is 0 Å². The molecule has 0 bridgehead atoms. The highest BCUT2D eigenvalue weighted by molar-refractivity contribution is 7.75. The van der Waals surface area contributed by atoms with Gasteiger partial charge >= 0.3 is 0 Å². The van der Waals surface area contributed by atoms with Crippen molar-refractivity contribution in [2.75, 3.05) is 5.73 Å². The monoisotopic (exact) mass is 260 g/mol. The van der Waals surface area contributed by atoms with E-state index >= 15 is 0 Å². The molecule has 0 spiro atoms. The van der Waals surface area contributed by atoms with Gasteiger partial charge in [-0.3, -0.25) is 4.79 Å². The fraction of sp³-hybridized carbons (Fsp3) is 0. The third-order valence-electron chi connectivity index (χ3n) is 2.32.